The van der Waals surface area contributed by atoms with Crippen LogP contribution in [0.2, 0.25) is 0 Å². The molecule has 7 heteroatoms. The number of hydrogen-bond donors (Lipinski definition) is 1. The van der Waals surface area contributed by atoms with Crippen molar-refractivity contribution >= 4 is 17.5 Å². The van der Waals surface area contributed by atoms with Gasteiger partial charge in [0.2, 0.25) is 11.8 Å². The van der Waals surface area contributed by atoms with Crippen LogP contribution >= 0.6 is 0 Å². The molecular weight excluding hydrogens is 330 g/mol. The van der Waals surface area contributed by atoms with Gasteiger partial charge in [-0.1, -0.05) is 0 Å². The van der Waals surface area contributed by atoms with Gasteiger partial charge in [0, 0.05) is 48.3 Å². The molecule has 136 valence electrons. The number of rotatable bonds is 4. The lowest BCUT2D eigenvalue weighted by Gasteiger charge is -2.28. The maximum Gasteiger partial charge on any atom is 0.230 e. The second kappa shape index (κ2) is 6.23. The Balaban J connectivity index is 1.65. The van der Waals surface area contributed by atoms with Gasteiger partial charge in [0.05, 0.1) is 18.2 Å². The van der Waals surface area contributed by atoms with E-state index in [1.54, 1.807) is 23.1 Å². The summed E-state index contributed by atoms with van der Waals surface area (Å²) >= 11 is 0. The van der Waals surface area contributed by atoms with Crippen LogP contribution in [0.5, 0.6) is 0 Å². The second-order valence-corrected chi connectivity index (χ2v) is 7.27. The molecule has 0 bridgehead atoms. The molecule has 2 amide bonds. The van der Waals surface area contributed by atoms with Crippen molar-refractivity contribution in [3.63, 3.8) is 0 Å². The fraction of sp³-hybridized carbons (Fsp3) is 0.474. The lowest BCUT2D eigenvalue weighted by Crippen LogP contribution is -2.34. The number of anilines is 1. The quantitative estimate of drug-likeness (QED) is 0.913. The summed E-state index contributed by atoms with van der Waals surface area (Å²) in [5, 5.41) is 7.29. The first-order chi connectivity index (χ1) is 12.5. The molecule has 1 saturated heterocycles. The van der Waals surface area contributed by atoms with Crippen LogP contribution in [0.25, 0.3) is 0 Å². The van der Waals surface area contributed by atoms with Crippen LogP contribution in [0.15, 0.2) is 24.5 Å². The third-order valence-corrected chi connectivity index (χ3v) is 5.40. The normalized spacial score (nSPS) is 22.7. The molecule has 1 N–H and O–H groups in total. The summed E-state index contributed by atoms with van der Waals surface area (Å²) in [5.41, 5.74) is 3.51. The highest BCUT2D eigenvalue weighted by molar-refractivity contribution is 5.98. The minimum absolute atomic E-state index is 0.0619. The average Bonchev–Trinajstić information content (AvgIpc) is 3.30. The summed E-state index contributed by atoms with van der Waals surface area (Å²) in [7, 11) is 1.88. The molecule has 4 rings (SSSR count). The molecule has 2 aromatic heterocycles. The molecule has 0 radical (unpaired) electrons. The molecule has 1 saturated carbocycles. The first kappa shape index (κ1) is 16.8. The van der Waals surface area contributed by atoms with E-state index in [9.17, 15) is 9.59 Å². The minimum Gasteiger partial charge on any atom is -0.332 e. The zero-order chi connectivity index (χ0) is 18.4. The Morgan fingerprint density at radius 3 is 2.69 bits per heavy atom. The molecule has 1 aliphatic heterocycles. The van der Waals surface area contributed by atoms with Gasteiger partial charge >= 0.3 is 0 Å². The van der Waals surface area contributed by atoms with E-state index < -0.39 is 5.92 Å². The van der Waals surface area contributed by atoms with Crippen molar-refractivity contribution in [3.8, 4) is 0 Å². The van der Waals surface area contributed by atoms with Crippen molar-refractivity contribution < 1.29 is 9.59 Å². The Morgan fingerprint density at radius 1 is 1.31 bits per heavy atom. The monoisotopic (exact) mass is 353 g/mol. The fourth-order valence-corrected chi connectivity index (χ4v) is 3.80. The Hall–Kier alpha value is -2.70. The topological polar surface area (TPSA) is 80.1 Å². The number of aromatic nitrogens is 3. The highest BCUT2D eigenvalue weighted by Crippen LogP contribution is 2.46. The van der Waals surface area contributed by atoms with Crippen molar-refractivity contribution in [1.29, 1.82) is 0 Å². The van der Waals surface area contributed by atoms with Gasteiger partial charge in [-0.15, -0.1) is 0 Å². The number of nitrogens with one attached hydrogen (secondary N) is 1. The maximum absolute atomic E-state index is 13.0. The lowest BCUT2D eigenvalue weighted by atomic mass is 9.93. The van der Waals surface area contributed by atoms with E-state index in [-0.39, 0.29) is 30.3 Å². The van der Waals surface area contributed by atoms with Gasteiger partial charge in [0.1, 0.15) is 0 Å². The molecule has 26 heavy (non-hydrogen) atoms. The largest absolute Gasteiger partial charge is 0.332 e. The fourth-order valence-electron chi connectivity index (χ4n) is 3.80. The minimum atomic E-state index is -0.417. The van der Waals surface area contributed by atoms with Crippen LogP contribution in [-0.2, 0) is 16.6 Å². The predicted octanol–water partition coefficient (Wildman–Crippen LogP) is 2.12. The molecule has 7 nitrogen and oxygen atoms in total. The molecule has 3 heterocycles. The SMILES string of the molecule is Cc1cc(NC(=O)[C@H]2CC(=O)N(C3CC3)[C@@H]2c2cnn(C)c2C)ccn1. The van der Waals surface area contributed by atoms with Crippen LogP contribution in [-0.4, -0.2) is 37.5 Å². The zero-order valence-electron chi connectivity index (χ0n) is 15.3. The van der Waals surface area contributed by atoms with E-state index in [4.69, 9.17) is 0 Å². The van der Waals surface area contributed by atoms with E-state index in [1.165, 1.54) is 0 Å². The Labute approximate surface area is 152 Å². The van der Waals surface area contributed by atoms with Gasteiger partial charge in [-0.05, 0) is 38.8 Å². The molecule has 2 aromatic rings. The number of carbonyl (C=O) groups excluding carboxylic acids is 2. The van der Waals surface area contributed by atoms with Crippen LogP contribution in [0, 0.1) is 19.8 Å². The summed E-state index contributed by atoms with van der Waals surface area (Å²) in [6, 6.07) is 3.61. The first-order valence-corrected chi connectivity index (χ1v) is 8.99. The summed E-state index contributed by atoms with van der Waals surface area (Å²) in [5.74, 6) is -0.480. The van der Waals surface area contributed by atoms with Crippen LogP contribution in [0.4, 0.5) is 5.69 Å². The van der Waals surface area contributed by atoms with Gasteiger partial charge in [-0.2, -0.15) is 5.10 Å². The van der Waals surface area contributed by atoms with Gasteiger partial charge in [0.15, 0.2) is 0 Å². The van der Waals surface area contributed by atoms with Gasteiger partial charge in [-0.25, -0.2) is 0 Å². The number of hydrogen-bond acceptors (Lipinski definition) is 4. The molecule has 0 aromatic carbocycles. The summed E-state index contributed by atoms with van der Waals surface area (Å²) in [6.45, 7) is 3.86. The highest BCUT2D eigenvalue weighted by Gasteiger charge is 2.50. The Morgan fingerprint density at radius 2 is 2.08 bits per heavy atom. The van der Waals surface area contributed by atoms with Crippen molar-refractivity contribution in [2.75, 3.05) is 5.32 Å². The third kappa shape index (κ3) is 2.87. The molecule has 0 unspecified atom stereocenters. The summed E-state index contributed by atoms with van der Waals surface area (Å²) in [6.07, 6.45) is 5.74. The Bertz CT molecular complexity index is 871. The van der Waals surface area contributed by atoms with Gasteiger partial charge in [0.25, 0.3) is 0 Å². The molecule has 1 aliphatic carbocycles. The number of nitrogens with zero attached hydrogens (tertiary/aromatic N) is 4. The summed E-state index contributed by atoms with van der Waals surface area (Å²) in [4.78, 5) is 31.8. The van der Waals surface area contributed by atoms with Crippen LogP contribution < -0.4 is 5.32 Å². The average molecular weight is 353 g/mol. The van der Waals surface area contributed by atoms with Crippen LogP contribution in [0.1, 0.15) is 42.3 Å². The van der Waals surface area contributed by atoms with E-state index in [0.717, 1.165) is 29.8 Å². The van der Waals surface area contributed by atoms with Crippen molar-refractivity contribution in [2.45, 2.75) is 45.2 Å². The molecule has 2 fully saturated rings. The maximum atomic E-state index is 13.0. The number of pyridine rings is 1. The van der Waals surface area contributed by atoms with Crippen LogP contribution in [0.3, 0.4) is 0 Å². The molecular formula is C19H23N5O2. The zero-order valence-corrected chi connectivity index (χ0v) is 15.3. The predicted molar refractivity (Wildman–Crippen MR) is 96.3 cm³/mol. The van der Waals surface area contributed by atoms with E-state index >= 15 is 0 Å². The van der Waals surface area contributed by atoms with E-state index in [0.29, 0.717) is 5.69 Å². The molecule has 2 aliphatic rings. The number of likely N-dealkylation sites (tertiary alicyclic amines) is 1. The van der Waals surface area contributed by atoms with Gasteiger partial charge < -0.3 is 10.2 Å². The highest BCUT2D eigenvalue weighted by atomic mass is 16.2. The van der Waals surface area contributed by atoms with E-state index in [1.807, 2.05) is 31.9 Å². The van der Waals surface area contributed by atoms with Crippen molar-refractivity contribution in [1.82, 2.24) is 19.7 Å². The second-order valence-electron chi connectivity index (χ2n) is 7.27. The molecule has 0 spiro atoms. The number of carbonyl (C=O) groups is 2. The first-order valence-electron chi connectivity index (χ1n) is 8.99. The number of amides is 2. The Kier molecular flexibility index (Phi) is 4.01. The smallest absolute Gasteiger partial charge is 0.230 e. The van der Waals surface area contributed by atoms with Crippen molar-refractivity contribution in [2.24, 2.45) is 13.0 Å². The standard InChI is InChI=1S/C19H23N5O2/c1-11-8-13(6-7-20-11)22-19(26)15-9-17(25)24(14-4-5-14)18(15)16-10-21-23(3)12(16)2/h6-8,10,14-15,18H,4-5,9H2,1-3H3,(H,20,22,26)/t15-,18-/m0/s1. The van der Waals surface area contributed by atoms with Crippen molar-refractivity contribution in [3.05, 3.63) is 41.5 Å². The lowest BCUT2D eigenvalue weighted by molar-refractivity contribution is -0.129. The number of aryl methyl sites for hydroxylation is 2. The molecule has 2 atom stereocenters. The summed E-state index contributed by atoms with van der Waals surface area (Å²) < 4.78 is 1.80. The van der Waals surface area contributed by atoms with Gasteiger partial charge in [-0.3, -0.25) is 19.3 Å². The van der Waals surface area contributed by atoms with E-state index in [2.05, 4.69) is 15.4 Å². The third-order valence-electron chi connectivity index (χ3n) is 5.40.